The van der Waals surface area contributed by atoms with Crippen molar-refractivity contribution >= 4 is 40.9 Å². The highest BCUT2D eigenvalue weighted by molar-refractivity contribution is 8.00. The third-order valence-electron chi connectivity index (χ3n) is 4.48. The Balaban J connectivity index is 1.66. The molecule has 2 amide bonds. The number of carbonyl (C=O) groups excluding carboxylic acids is 3. The summed E-state index contributed by atoms with van der Waals surface area (Å²) in [6.45, 7) is 1.73. The Morgan fingerprint density at radius 3 is 2.31 bits per heavy atom. The molecule has 0 aliphatic carbocycles. The van der Waals surface area contributed by atoms with Crippen molar-refractivity contribution in [3.63, 3.8) is 0 Å². The highest BCUT2D eigenvalue weighted by Gasteiger charge is 2.19. The maximum atomic E-state index is 13.8. The van der Waals surface area contributed by atoms with Crippen molar-refractivity contribution in [2.75, 3.05) is 17.7 Å². The molecular weight excluding hydrogens is 431 g/mol. The summed E-state index contributed by atoms with van der Waals surface area (Å²) in [5, 5.41) is 4.91. The first-order valence-corrected chi connectivity index (χ1v) is 10.6. The minimum atomic E-state index is -0.604. The van der Waals surface area contributed by atoms with Gasteiger partial charge in [-0.3, -0.25) is 9.59 Å². The summed E-state index contributed by atoms with van der Waals surface area (Å²) in [5.41, 5.74) is 1.05. The van der Waals surface area contributed by atoms with Gasteiger partial charge in [0.05, 0.1) is 29.2 Å². The molecule has 0 radical (unpaired) electrons. The lowest BCUT2D eigenvalue weighted by Crippen LogP contribution is -2.23. The minimum absolute atomic E-state index is 0.0532. The number of ether oxygens (including phenoxy) is 1. The normalized spacial score (nSPS) is 11.3. The average Bonchev–Trinajstić information content (AvgIpc) is 2.79. The Morgan fingerprint density at radius 2 is 1.59 bits per heavy atom. The molecule has 6 nitrogen and oxygen atoms in total. The highest BCUT2D eigenvalue weighted by Crippen LogP contribution is 2.27. The predicted molar refractivity (Wildman–Crippen MR) is 123 cm³/mol. The first-order valence-electron chi connectivity index (χ1n) is 9.70. The Kier molecular flexibility index (Phi) is 7.62. The lowest BCUT2D eigenvalue weighted by molar-refractivity contribution is -0.115. The van der Waals surface area contributed by atoms with Crippen molar-refractivity contribution in [3.05, 3.63) is 89.7 Å². The van der Waals surface area contributed by atoms with Gasteiger partial charge in [0.25, 0.3) is 5.91 Å². The van der Waals surface area contributed by atoms with E-state index >= 15 is 0 Å². The van der Waals surface area contributed by atoms with E-state index in [0.717, 1.165) is 4.90 Å². The number of carbonyl (C=O) groups is 3. The van der Waals surface area contributed by atoms with Gasteiger partial charge in [-0.15, -0.1) is 11.8 Å². The zero-order valence-electron chi connectivity index (χ0n) is 17.4. The van der Waals surface area contributed by atoms with E-state index in [-0.39, 0.29) is 17.0 Å². The summed E-state index contributed by atoms with van der Waals surface area (Å²) >= 11 is 1.28. The molecule has 0 aliphatic heterocycles. The van der Waals surface area contributed by atoms with Gasteiger partial charge in [0.15, 0.2) is 0 Å². The van der Waals surface area contributed by atoms with Gasteiger partial charge in [0.1, 0.15) is 5.82 Å². The standard InChI is InChI=1S/C24H21FN2O4S/c1-15(22(28)27-21-13-6-4-11-19(21)24(30)31-2)32-17-9-7-8-16(14-17)26-23(29)18-10-3-5-12-20(18)25/h3-15H,1-2H3,(H,26,29)(H,27,28). The third-order valence-corrected chi connectivity index (χ3v) is 5.58. The molecule has 3 aromatic rings. The van der Waals surface area contributed by atoms with Crippen molar-refractivity contribution in [2.24, 2.45) is 0 Å². The van der Waals surface area contributed by atoms with E-state index in [0.29, 0.717) is 11.4 Å². The summed E-state index contributed by atoms with van der Waals surface area (Å²) in [6, 6.07) is 19.2. The first-order chi connectivity index (χ1) is 15.4. The molecule has 32 heavy (non-hydrogen) atoms. The molecule has 1 unspecified atom stereocenters. The van der Waals surface area contributed by atoms with Crippen molar-refractivity contribution in [2.45, 2.75) is 17.1 Å². The van der Waals surface area contributed by atoms with Crippen LogP contribution in [0.3, 0.4) is 0 Å². The number of thioether (sulfide) groups is 1. The Morgan fingerprint density at radius 1 is 0.906 bits per heavy atom. The van der Waals surface area contributed by atoms with Crippen LogP contribution in [0.5, 0.6) is 0 Å². The molecule has 2 N–H and O–H groups in total. The molecule has 0 fully saturated rings. The lowest BCUT2D eigenvalue weighted by Gasteiger charge is -2.14. The summed E-state index contributed by atoms with van der Waals surface area (Å²) < 4.78 is 18.6. The van der Waals surface area contributed by atoms with Crippen LogP contribution >= 0.6 is 11.8 Å². The second kappa shape index (κ2) is 10.6. The Labute approximate surface area is 189 Å². The SMILES string of the molecule is COC(=O)c1ccccc1NC(=O)C(C)Sc1cccc(NC(=O)c2ccccc2F)c1. The van der Waals surface area contributed by atoms with Gasteiger partial charge in [-0.05, 0) is 49.4 Å². The van der Waals surface area contributed by atoms with Gasteiger partial charge < -0.3 is 15.4 Å². The zero-order chi connectivity index (χ0) is 23.1. The molecule has 0 saturated carbocycles. The van der Waals surface area contributed by atoms with Gasteiger partial charge in [-0.2, -0.15) is 0 Å². The number of methoxy groups -OCH3 is 1. The van der Waals surface area contributed by atoms with Crippen molar-refractivity contribution in [1.82, 2.24) is 0 Å². The Hall–Kier alpha value is -3.65. The van der Waals surface area contributed by atoms with Crippen LogP contribution < -0.4 is 10.6 Å². The molecule has 0 saturated heterocycles. The van der Waals surface area contributed by atoms with E-state index in [4.69, 9.17) is 4.74 Å². The largest absolute Gasteiger partial charge is 0.465 e. The number of halogens is 1. The monoisotopic (exact) mass is 452 g/mol. The van der Waals surface area contributed by atoms with E-state index < -0.39 is 22.9 Å². The maximum Gasteiger partial charge on any atom is 0.339 e. The number of esters is 1. The van der Waals surface area contributed by atoms with Gasteiger partial charge in [-0.1, -0.05) is 30.3 Å². The van der Waals surface area contributed by atoms with E-state index in [1.54, 1.807) is 61.5 Å². The van der Waals surface area contributed by atoms with Crippen LogP contribution in [0.15, 0.2) is 77.7 Å². The number of nitrogens with one attached hydrogen (secondary N) is 2. The molecule has 0 bridgehead atoms. The molecule has 8 heteroatoms. The quantitative estimate of drug-likeness (QED) is 0.390. The minimum Gasteiger partial charge on any atom is -0.465 e. The van der Waals surface area contributed by atoms with Crippen LogP contribution in [0.2, 0.25) is 0 Å². The second-order valence-corrected chi connectivity index (χ2v) is 8.16. The van der Waals surface area contributed by atoms with E-state index in [2.05, 4.69) is 10.6 Å². The van der Waals surface area contributed by atoms with Gasteiger partial charge in [-0.25, -0.2) is 9.18 Å². The zero-order valence-corrected chi connectivity index (χ0v) is 18.2. The molecule has 0 aliphatic rings. The number of hydrogen-bond donors (Lipinski definition) is 2. The molecule has 3 rings (SSSR count). The van der Waals surface area contributed by atoms with Crippen LogP contribution in [0.25, 0.3) is 0 Å². The van der Waals surface area contributed by atoms with Crippen LogP contribution in [0.4, 0.5) is 15.8 Å². The topological polar surface area (TPSA) is 84.5 Å². The van der Waals surface area contributed by atoms with Crippen molar-refractivity contribution < 1.29 is 23.5 Å². The molecule has 0 aromatic heterocycles. The fraction of sp³-hybridized carbons (Fsp3) is 0.125. The average molecular weight is 453 g/mol. The van der Waals surface area contributed by atoms with Gasteiger partial charge >= 0.3 is 5.97 Å². The number of anilines is 2. The summed E-state index contributed by atoms with van der Waals surface area (Å²) in [5.74, 6) is -2.00. The molecule has 0 heterocycles. The second-order valence-electron chi connectivity index (χ2n) is 6.75. The lowest BCUT2D eigenvalue weighted by atomic mass is 10.2. The number of benzene rings is 3. The summed E-state index contributed by atoms with van der Waals surface area (Å²) in [4.78, 5) is 37.6. The fourth-order valence-corrected chi connectivity index (χ4v) is 3.79. The van der Waals surface area contributed by atoms with Crippen LogP contribution in [-0.4, -0.2) is 30.1 Å². The molecule has 164 valence electrons. The maximum absolute atomic E-state index is 13.8. The third kappa shape index (κ3) is 5.73. The number of rotatable bonds is 7. The number of hydrogen-bond acceptors (Lipinski definition) is 5. The van der Waals surface area contributed by atoms with Crippen LogP contribution in [0, 0.1) is 5.82 Å². The van der Waals surface area contributed by atoms with E-state index in [9.17, 15) is 18.8 Å². The highest BCUT2D eigenvalue weighted by atomic mass is 32.2. The first kappa shape index (κ1) is 23.0. The molecular formula is C24H21FN2O4S. The predicted octanol–water partition coefficient (Wildman–Crippen LogP) is 4.98. The van der Waals surface area contributed by atoms with Crippen molar-refractivity contribution in [3.8, 4) is 0 Å². The number of amides is 2. The molecule has 0 spiro atoms. The summed E-state index contributed by atoms with van der Waals surface area (Å²) in [7, 11) is 1.28. The molecule has 3 aromatic carbocycles. The molecule has 1 atom stereocenters. The van der Waals surface area contributed by atoms with E-state index in [1.807, 2.05) is 0 Å². The smallest absolute Gasteiger partial charge is 0.339 e. The van der Waals surface area contributed by atoms with E-state index in [1.165, 1.54) is 37.1 Å². The number of para-hydroxylation sites is 1. The Bertz CT molecular complexity index is 1150. The van der Waals surface area contributed by atoms with Crippen molar-refractivity contribution in [1.29, 1.82) is 0 Å². The van der Waals surface area contributed by atoms with Crippen LogP contribution in [0.1, 0.15) is 27.6 Å². The van der Waals surface area contributed by atoms with Crippen LogP contribution in [-0.2, 0) is 9.53 Å². The van der Waals surface area contributed by atoms with Gasteiger partial charge in [0, 0.05) is 10.6 Å². The van der Waals surface area contributed by atoms with Gasteiger partial charge in [0.2, 0.25) is 5.91 Å². The summed E-state index contributed by atoms with van der Waals surface area (Å²) in [6.07, 6.45) is 0. The fourth-order valence-electron chi connectivity index (χ4n) is 2.86.